The normalized spacial score (nSPS) is 45.1. The highest BCUT2D eigenvalue weighted by Crippen LogP contribution is 2.68. The molecule has 4 saturated carbocycles. The Balaban J connectivity index is 1.34. The van der Waals surface area contributed by atoms with Crippen LogP contribution in [-0.4, -0.2) is 16.5 Å². The molecular formula is C30H40O2. The predicted octanol–water partition coefficient (Wildman–Crippen LogP) is 6.33. The standard InChI is InChI=1S/C30H40O2/c1-20-5-7-22(8-6-20)13-16-30(32)18-17-28(3)23(19-30)9-10-24-26-12-11-25(21(2)31)29(26,4)15-14-27(24)28/h5-8,23-27,32H,9-12,14-15,17-19H2,1-4H3/t23-,24+,25-,26+,27+,28+,29-,30-/m1/s1. The number of fused-ring (bicyclic) bond motifs is 5. The molecule has 8 atom stereocenters. The summed E-state index contributed by atoms with van der Waals surface area (Å²) in [7, 11) is 0. The first-order valence-electron chi connectivity index (χ1n) is 13.0. The van der Waals surface area contributed by atoms with Crippen LogP contribution in [0.2, 0.25) is 0 Å². The number of hydrogen-bond acceptors (Lipinski definition) is 2. The van der Waals surface area contributed by atoms with Crippen LogP contribution < -0.4 is 0 Å². The Bertz CT molecular complexity index is 951. The first kappa shape index (κ1) is 22.2. The number of aliphatic hydroxyl groups is 1. The maximum absolute atomic E-state index is 12.4. The average molecular weight is 433 g/mol. The van der Waals surface area contributed by atoms with Crippen molar-refractivity contribution in [1.82, 2.24) is 0 Å². The zero-order valence-electron chi connectivity index (χ0n) is 20.4. The summed E-state index contributed by atoms with van der Waals surface area (Å²) >= 11 is 0. The molecule has 0 heterocycles. The second-order valence-electron chi connectivity index (χ2n) is 12.3. The summed E-state index contributed by atoms with van der Waals surface area (Å²) in [4.78, 5) is 12.4. The summed E-state index contributed by atoms with van der Waals surface area (Å²) in [6.45, 7) is 8.87. The van der Waals surface area contributed by atoms with Crippen molar-refractivity contribution >= 4 is 5.78 Å². The lowest BCUT2D eigenvalue weighted by Crippen LogP contribution is -2.56. The van der Waals surface area contributed by atoms with Gasteiger partial charge in [-0.15, -0.1) is 0 Å². The van der Waals surface area contributed by atoms with Crippen LogP contribution in [-0.2, 0) is 4.79 Å². The van der Waals surface area contributed by atoms with Gasteiger partial charge in [-0.2, -0.15) is 0 Å². The largest absolute Gasteiger partial charge is 0.378 e. The number of benzene rings is 1. The van der Waals surface area contributed by atoms with Gasteiger partial charge >= 0.3 is 0 Å². The molecule has 0 bridgehead atoms. The first-order chi connectivity index (χ1) is 15.1. The highest BCUT2D eigenvalue weighted by Gasteiger charge is 2.61. The maximum atomic E-state index is 12.4. The van der Waals surface area contributed by atoms with Crippen LogP contribution in [0.3, 0.4) is 0 Å². The van der Waals surface area contributed by atoms with Gasteiger partial charge in [0, 0.05) is 11.5 Å². The molecular weight excluding hydrogens is 392 g/mol. The number of carbonyl (C=O) groups is 1. The molecule has 0 aromatic heterocycles. The molecule has 32 heavy (non-hydrogen) atoms. The third-order valence-corrected chi connectivity index (χ3v) is 10.7. The fourth-order valence-electron chi connectivity index (χ4n) is 8.85. The fraction of sp³-hybridized carbons (Fsp3) is 0.700. The van der Waals surface area contributed by atoms with Crippen LogP contribution in [0.4, 0.5) is 0 Å². The van der Waals surface area contributed by atoms with E-state index in [1.54, 1.807) is 0 Å². The Hall–Kier alpha value is -1.59. The zero-order chi connectivity index (χ0) is 22.7. The molecule has 1 N–H and O–H groups in total. The minimum Gasteiger partial charge on any atom is -0.378 e. The lowest BCUT2D eigenvalue weighted by Gasteiger charge is -2.61. The van der Waals surface area contributed by atoms with Gasteiger partial charge in [-0.3, -0.25) is 4.79 Å². The van der Waals surface area contributed by atoms with Crippen molar-refractivity contribution in [1.29, 1.82) is 0 Å². The Morgan fingerprint density at radius 2 is 1.66 bits per heavy atom. The minimum atomic E-state index is -0.849. The smallest absolute Gasteiger partial charge is 0.133 e. The summed E-state index contributed by atoms with van der Waals surface area (Å²) in [6.07, 6.45) is 10.0. The number of Topliss-reactive ketones (excluding diaryl/α,β-unsaturated/α-hetero) is 1. The van der Waals surface area contributed by atoms with Gasteiger partial charge in [-0.05, 0) is 118 Å². The van der Waals surface area contributed by atoms with Gasteiger partial charge in [0.2, 0.25) is 0 Å². The fourth-order valence-corrected chi connectivity index (χ4v) is 8.85. The minimum absolute atomic E-state index is 0.227. The van der Waals surface area contributed by atoms with Gasteiger partial charge < -0.3 is 5.11 Å². The summed E-state index contributed by atoms with van der Waals surface area (Å²) < 4.78 is 0. The van der Waals surface area contributed by atoms with Crippen molar-refractivity contribution in [3.05, 3.63) is 35.4 Å². The highest BCUT2D eigenvalue weighted by atomic mass is 16.3. The Labute approximate surface area is 194 Å². The topological polar surface area (TPSA) is 37.3 Å². The summed E-state index contributed by atoms with van der Waals surface area (Å²) in [5, 5.41) is 11.4. The molecule has 2 heteroatoms. The quantitative estimate of drug-likeness (QED) is 0.527. The third-order valence-electron chi connectivity index (χ3n) is 10.7. The van der Waals surface area contributed by atoms with Crippen LogP contribution in [0.1, 0.15) is 89.7 Å². The molecule has 1 aromatic carbocycles. The van der Waals surface area contributed by atoms with Crippen molar-refractivity contribution in [2.45, 2.75) is 91.1 Å². The summed E-state index contributed by atoms with van der Waals surface area (Å²) in [5.41, 5.74) is 1.92. The first-order valence-corrected chi connectivity index (χ1v) is 13.0. The lowest BCUT2D eigenvalue weighted by molar-refractivity contribution is -0.144. The van der Waals surface area contributed by atoms with Crippen LogP contribution >= 0.6 is 0 Å². The molecule has 0 spiro atoms. The molecule has 0 unspecified atom stereocenters. The van der Waals surface area contributed by atoms with E-state index < -0.39 is 5.60 Å². The number of rotatable bonds is 1. The van der Waals surface area contributed by atoms with Crippen LogP contribution in [0.15, 0.2) is 24.3 Å². The van der Waals surface area contributed by atoms with Gasteiger partial charge in [0.05, 0.1) is 0 Å². The molecule has 0 radical (unpaired) electrons. The van der Waals surface area contributed by atoms with E-state index in [1.807, 2.05) is 6.92 Å². The predicted molar refractivity (Wildman–Crippen MR) is 129 cm³/mol. The number of carbonyl (C=O) groups excluding carboxylic acids is 1. The molecule has 172 valence electrons. The van der Waals surface area contributed by atoms with Crippen LogP contribution in [0.25, 0.3) is 0 Å². The van der Waals surface area contributed by atoms with E-state index in [-0.39, 0.29) is 11.3 Å². The Kier molecular flexibility index (Phi) is 5.37. The number of ketones is 1. The number of hydrogen-bond donors (Lipinski definition) is 1. The van der Waals surface area contributed by atoms with Gasteiger partial charge in [-0.25, -0.2) is 0 Å². The van der Waals surface area contributed by atoms with Crippen molar-refractivity contribution in [3.8, 4) is 11.8 Å². The molecule has 0 saturated heterocycles. The van der Waals surface area contributed by atoms with Crippen LogP contribution in [0, 0.1) is 59.2 Å². The molecule has 4 fully saturated rings. The van der Waals surface area contributed by atoms with Gasteiger partial charge in [0.1, 0.15) is 11.4 Å². The van der Waals surface area contributed by atoms with E-state index in [0.717, 1.165) is 49.0 Å². The van der Waals surface area contributed by atoms with Crippen molar-refractivity contribution in [2.24, 2.45) is 40.4 Å². The van der Waals surface area contributed by atoms with E-state index in [4.69, 9.17) is 0 Å². The summed E-state index contributed by atoms with van der Waals surface area (Å²) in [5.74, 6) is 10.0. The van der Waals surface area contributed by atoms with Gasteiger partial charge in [-0.1, -0.05) is 43.4 Å². The molecule has 5 rings (SSSR count). The van der Waals surface area contributed by atoms with E-state index in [9.17, 15) is 9.90 Å². The zero-order valence-corrected chi connectivity index (χ0v) is 20.4. The SMILES string of the molecule is CC(=O)[C@H]1CC[C@H]2[C@@H]3CC[C@@H]4C[C@@](O)(C#Cc5ccc(C)cc5)CC[C@]4(C)[C@H]3CC[C@]12C. The molecule has 4 aliphatic rings. The van der Waals surface area contributed by atoms with Gasteiger partial charge in [0.25, 0.3) is 0 Å². The Morgan fingerprint density at radius 3 is 2.38 bits per heavy atom. The van der Waals surface area contributed by atoms with E-state index in [0.29, 0.717) is 17.1 Å². The highest BCUT2D eigenvalue weighted by molar-refractivity contribution is 5.79. The summed E-state index contributed by atoms with van der Waals surface area (Å²) in [6, 6.07) is 8.28. The van der Waals surface area contributed by atoms with E-state index in [2.05, 4.69) is 56.9 Å². The number of aryl methyl sites for hydroxylation is 1. The van der Waals surface area contributed by atoms with Gasteiger partial charge in [0.15, 0.2) is 0 Å². The Morgan fingerprint density at radius 1 is 0.938 bits per heavy atom. The molecule has 1 aromatic rings. The average Bonchev–Trinajstić information content (AvgIpc) is 3.12. The lowest BCUT2D eigenvalue weighted by atomic mass is 9.44. The second kappa shape index (κ2) is 7.73. The van der Waals surface area contributed by atoms with Crippen LogP contribution in [0.5, 0.6) is 0 Å². The maximum Gasteiger partial charge on any atom is 0.133 e. The monoisotopic (exact) mass is 432 g/mol. The molecule has 0 amide bonds. The van der Waals surface area contributed by atoms with Crippen molar-refractivity contribution in [3.63, 3.8) is 0 Å². The van der Waals surface area contributed by atoms with E-state index in [1.165, 1.54) is 37.7 Å². The van der Waals surface area contributed by atoms with Crippen molar-refractivity contribution in [2.75, 3.05) is 0 Å². The molecule has 0 aliphatic heterocycles. The third kappa shape index (κ3) is 3.47. The van der Waals surface area contributed by atoms with E-state index >= 15 is 0 Å². The van der Waals surface area contributed by atoms with Crippen molar-refractivity contribution < 1.29 is 9.90 Å². The second-order valence-corrected chi connectivity index (χ2v) is 12.3. The molecule has 2 nitrogen and oxygen atoms in total. The molecule has 4 aliphatic carbocycles.